The number of hydrogen-bond acceptors (Lipinski definition) is 0. The molecule has 0 fully saturated rings. The molecule has 2 unspecified atom stereocenters. The summed E-state index contributed by atoms with van der Waals surface area (Å²) in [4.78, 5) is 0. The monoisotopic (exact) mass is 340 g/mol. The minimum absolute atomic E-state index is 0.719. The number of benzene rings is 1. The summed E-state index contributed by atoms with van der Waals surface area (Å²) in [7, 11) is 0. The van der Waals surface area contributed by atoms with Gasteiger partial charge in [-0.3, -0.25) is 0 Å². The highest BCUT2D eigenvalue weighted by Gasteiger charge is 2.30. The zero-order chi connectivity index (χ0) is 18.4. The van der Waals surface area contributed by atoms with Gasteiger partial charge in [-0.05, 0) is 86.0 Å². The van der Waals surface area contributed by atoms with Gasteiger partial charge in [-0.1, -0.05) is 70.7 Å². The minimum atomic E-state index is 0.719. The van der Waals surface area contributed by atoms with Crippen LogP contribution in [0, 0.1) is 18.8 Å². The van der Waals surface area contributed by atoms with Crippen LogP contribution in [0.5, 0.6) is 0 Å². The zero-order valence-corrected chi connectivity index (χ0v) is 17.6. The quantitative estimate of drug-likeness (QED) is 0.335. The second kappa shape index (κ2) is 9.60. The standard InChI is InChI=1S/C25H40/c1-7-9-10-12-21-16-20(6)25(22(17-21)11-8-2)24-15-19(5)13-14-23(24)18(3)4/h13,16-18,23-24H,7-12,14-15H2,1-6H3. The Labute approximate surface area is 157 Å². The minimum Gasteiger partial charge on any atom is -0.0853 e. The highest BCUT2D eigenvalue weighted by molar-refractivity contribution is 5.43. The largest absolute Gasteiger partial charge is 0.0853 e. The lowest BCUT2D eigenvalue weighted by molar-refractivity contribution is 0.303. The topological polar surface area (TPSA) is 0 Å². The van der Waals surface area contributed by atoms with Crippen molar-refractivity contribution in [3.05, 3.63) is 46.0 Å². The molecule has 1 aromatic carbocycles. The molecular weight excluding hydrogens is 300 g/mol. The van der Waals surface area contributed by atoms with Crippen molar-refractivity contribution in [1.29, 1.82) is 0 Å². The van der Waals surface area contributed by atoms with Crippen LogP contribution in [0.4, 0.5) is 0 Å². The third kappa shape index (κ3) is 5.22. The van der Waals surface area contributed by atoms with Crippen molar-refractivity contribution >= 4 is 0 Å². The Hall–Kier alpha value is -1.04. The third-order valence-electron chi connectivity index (χ3n) is 6.14. The van der Waals surface area contributed by atoms with Gasteiger partial charge in [0.15, 0.2) is 0 Å². The Morgan fingerprint density at radius 3 is 2.40 bits per heavy atom. The van der Waals surface area contributed by atoms with Gasteiger partial charge >= 0.3 is 0 Å². The van der Waals surface area contributed by atoms with Crippen LogP contribution in [0.2, 0.25) is 0 Å². The van der Waals surface area contributed by atoms with Crippen molar-refractivity contribution in [2.75, 3.05) is 0 Å². The van der Waals surface area contributed by atoms with Gasteiger partial charge in [0.2, 0.25) is 0 Å². The van der Waals surface area contributed by atoms with E-state index in [1.165, 1.54) is 51.4 Å². The molecule has 0 N–H and O–H groups in total. The summed E-state index contributed by atoms with van der Waals surface area (Å²) in [6, 6.07) is 5.07. The normalized spacial score (nSPS) is 20.8. The van der Waals surface area contributed by atoms with Crippen LogP contribution in [0.25, 0.3) is 0 Å². The summed E-state index contributed by atoms with van der Waals surface area (Å²) < 4.78 is 0. The molecular formula is C25H40. The maximum Gasteiger partial charge on any atom is -0.00857 e. The molecule has 1 aromatic rings. The van der Waals surface area contributed by atoms with Gasteiger partial charge in [0.1, 0.15) is 0 Å². The van der Waals surface area contributed by atoms with Crippen LogP contribution in [-0.4, -0.2) is 0 Å². The molecule has 0 nitrogen and oxygen atoms in total. The first kappa shape index (κ1) is 20.3. The molecule has 1 aliphatic carbocycles. The maximum absolute atomic E-state index is 2.56. The van der Waals surface area contributed by atoms with Gasteiger partial charge in [-0.25, -0.2) is 0 Å². The summed E-state index contributed by atoms with van der Waals surface area (Å²) >= 11 is 0. The summed E-state index contributed by atoms with van der Waals surface area (Å²) in [6.45, 7) is 14.2. The molecule has 2 atom stereocenters. The molecule has 0 heterocycles. The van der Waals surface area contributed by atoms with E-state index >= 15 is 0 Å². The summed E-state index contributed by atoms with van der Waals surface area (Å²) in [5.74, 6) is 2.27. The van der Waals surface area contributed by atoms with E-state index in [-0.39, 0.29) is 0 Å². The molecule has 1 aliphatic rings. The highest BCUT2D eigenvalue weighted by Crippen LogP contribution is 2.44. The lowest BCUT2D eigenvalue weighted by Crippen LogP contribution is -2.23. The SMILES string of the molecule is CCCCCc1cc(C)c(C2CC(C)=CCC2C(C)C)c(CCC)c1. The molecule has 0 bridgehead atoms. The van der Waals surface area contributed by atoms with Gasteiger partial charge in [-0.2, -0.15) is 0 Å². The summed E-state index contributed by atoms with van der Waals surface area (Å²) in [6.07, 6.45) is 12.8. The van der Waals surface area contributed by atoms with E-state index in [1.54, 1.807) is 27.8 Å². The van der Waals surface area contributed by atoms with Crippen LogP contribution in [0.15, 0.2) is 23.8 Å². The van der Waals surface area contributed by atoms with Gasteiger partial charge in [-0.15, -0.1) is 0 Å². The van der Waals surface area contributed by atoms with Gasteiger partial charge in [0.05, 0.1) is 0 Å². The van der Waals surface area contributed by atoms with Crippen LogP contribution >= 0.6 is 0 Å². The van der Waals surface area contributed by atoms with Gasteiger partial charge in [0, 0.05) is 0 Å². The second-order valence-corrected chi connectivity index (χ2v) is 8.70. The molecule has 0 aliphatic heterocycles. The molecule has 0 heteroatoms. The third-order valence-corrected chi connectivity index (χ3v) is 6.14. The molecule has 0 amide bonds. The fraction of sp³-hybridized carbons (Fsp3) is 0.680. The Morgan fingerprint density at radius 2 is 1.76 bits per heavy atom. The number of unbranched alkanes of at least 4 members (excludes halogenated alkanes) is 2. The number of aryl methyl sites for hydroxylation is 3. The predicted octanol–water partition coefficient (Wildman–Crippen LogP) is 7.78. The van der Waals surface area contributed by atoms with E-state index in [2.05, 4.69) is 59.8 Å². The molecule has 25 heavy (non-hydrogen) atoms. The molecule has 140 valence electrons. The van der Waals surface area contributed by atoms with Crippen LogP contribution in [0.1, 0.15) is 101 Å². The lowest BCUT2D eigenvalue weighted by Gasteiger charge is -2.36. The molecule has 0 aromatic heterocycles. The Balaban J connectivity index is 2.38. The first-order valence-electron chi connectivity index (χ1n) is 10.8. The zero-order valence-electron chi connectivity index (χ0n) is 17.6. The number of hydrogen-bond donors (Lipinski definition) is 0. The van der Waals surface area contributed by atoms with Crippen molar-refractivity contribution < 1.29 is 0 Å². The van der Waals surface area contributed by atoms with E-state index in [1.807, 2.05) is 0 Å². The Bertz CT molecular complexity index is 576. The van der Waals surface area contributed by atoms with E-state index in [4.69, 9.17) is 0 Å². The van der Waals surface area contributed by atoms with Crippen LogP contribution in [-0.2, 0) is 12.8 Å². The predicted molar refractivity (Wildman–Crippen MR) is 112 cm³/mol. The van der Waals surface area contributed by atoms with Crippen molar-refractivity contribution in [2.45, 2.75) is 98.8 Å². The van der Waals surface area contributed by atoms with E-state index < -0.39 is 0 Å². The fourth-order valence-electron chi connectivity index (χ4n) is 4.82. The van der Waals surface area contributed by atoms with E-state index in [0.717, 1.165) is 17.8 Å². The van der Waals surface area contributed by atoms with Crippen LogP contribution < -0.4 is 0 Å². The van der Waals surface area contributed by atoms with Gasteiger partial charge < -0.3 is 0 Å². The molecule has 0 saturated heterocycles. The molecule has 0 saturated carbocycles. The molecule has 2 rings (SSSR count). The first-order chi connectivity index (χ1) is 12.0. The Morgan fingerprint density at radius 1 is 1.00 bits per heavy atom. The van der Waals surface area contributed by atoms with Crippen molar-refractivity contribution in [1.82, 2.24) is 0 Å². The van der Waals surface area contributed by atoms with Crippen molar-refractivity contribution in [3.8, 4) is 0 Å². The number of rotatable bonds is 8. The first-order valence-corrected chi connectivity index (χ1v) is 10.8. The van der Waals surface area contributed by atoms with E-state index in [0.29, 0.717) is 0 Å². The average Bonchev–Trinajstić information content (AvgIpc) is 2.55. The Kier molecular flexibility index (Phi) is 7.79. The van der Waals surface area contributed by atoms with Gasteiger partial charge in [0.25, 0.3) is 0 Å². The van der Waals surface area contributed by atoms with Crippen LogP contribution in [0.3, 0.4) is 0 Å². The van der Waals surface area contributed by atoms with Crippen molar-refractivity contribution in [3.63, 3.8) is 0 Å². The highest BCUT2D eigenvalue weighted by atomic mass is 14.3. The van der Waals surface area contributed by atoms with E-state index in [9.17, 15) is 0 Å². The summed E-state index contributed by atoms with van der Waals surface area (Å²) in [5.41, 5.74) is 8.08. The fourth-order valence-corrected chi connectivity index (χ4v) is 4.82. The smallest absolute Gasteiger partial charge is 0.00857 e. The lowest BCUT2D eigenvalue weighted by atomic mass is 9.69. The average molecular weight is 341 g/mol. The molecule has 0 radical (unpaired) electrons. The maximum atomic E-state index is 2.56. The second-order valence-electron chi connectivity index (χ2n) is 8.70. The summed E-state index contributed by atoms with van der Waals surface area (Å²) in [5, 5.41) is 0. The number of allylic oxidation sites excluding steroid dienone is 2. The van der Waals surface area contributed by atoms with Crippen molar-refractivity contribution in [2.24, 2.45) is 11.8 Å². The molecule has 0 spiro atoms.